The second kappa shape index (κ2) is 2.31. The third-order valence-corrected chi connectivity index (χ3v) is 4.37. The van der Waals surface area contributed by atoms with E-state index in [0.29, 0.717) is 0 Å². The van der Waals surface area contributed by atoms with Gasteiger partial charge in [0.2, 0.25) is 0 Å². The second-order valence-electron chi connectivity index (χ2n) is 1.03. The molecule has 1 aliphatic rings. The molecule has 1 aliphatic heterocycles. The van der Waals surface area contributed by atoms with Gasteiger partial charge in [-0.25, -0.2) is 0 Å². The van der Waals surface area contributed by atoms with Crippen molar-refractivity contribution in [1.29, 1.82) is 0 Å². The highest BCUT2D eigenvalue weighted by Crippen LogP contribution is 2.43. The summed E-state index contributed by atoms with van der Waals surface area (Å²) < 4.78 is 4.91. The van der Waals surface area contributed by atoms with Crippen molar-refractivity contribution < 1.29 is 4.18 Å². The van der Waals surface area contributed by atoms with Crippen molar-refractivity contribution >= 4 is 29.4 Å². The van der Waals surface area contributed by atoms with E-state index in [1.54, 1.807) is 0 Å². The zero-order valence-electron chi connectivity index (χ0n) is 3.14. The lowest BCUT2D eigenvalue weighted by Crippen LogP contribution is -1.74. The summed E-state index contributed by atoms with van der Waals surface area (Å²) in [5.41, 5.74) is 0. The first-order valence-electron chi connectivity index (χ1n) is 1.72. The topological polar surface area (TPSA) is 9.23 Å². The Labute approximate surface area is 46.8 Å². The molecule has 0 radical (unpaired) electrons. The predicted molar refractivity (Wildman–Crippen MR) is 34.1 cm³/mol. The molecule has 0 aromatic carbocycles. The fourth-order valence-corrected chi connectivity index (χ4v) is 2.90. The van der Waals surface area contributed by atoms with Crippen LogP contribution in [0.3, 0.4) is 0 Å². The van der Waals surface area contributed by atoms with E-state index in [1.807, 2.05) is 0 Å². The van der Waals surface area contributed by atoms with Crippen LogP contribution in [0.25, 0.3) is 0 Å². The van der Waals surface area contributed by atoms with Crippen molar-refractivity contribution in [3.8, 4) is 0 Å². The van der Waals surface area contributed by atoms with Crippen LogP contribution in [0, 0.1) is 0 Å². The monoisotopic (exact) mass is 140 g/mol. The SMILES string of the molecule is S=[PH]1CCOS1. The molecular weight excluding hydrogens is 135 g/mol. The number of hydrogen-bond donors (Lipinski definition) is 0. The lowest BCUT2D eigenvalue weighted by Gasteiger charge is -1.76. The molecule has 36 valence electrons. The first-order valence-corrected chi connectivity index (χ1v) is 6.02. The maximum atomic E-state index is 4.94. The summed E-state index contributed by atoms with van der Waals surface area (Å²) in [6.45, 7) is 0.891. The highest BCUT2D eigenvalue weighted by Gasteiger charge is 2.03. The lowest BCUT2D eigenvalue weighted by atomic mass is 10.9. The zero-order chi connectivity index (χ0) is 4.41. The van der Waals surface area contributed by atoms with Crippen molar-refractivity contribution in [3.63, 3.8) is 0 Å². The van der Waals surface area contributed by atoms with Gasteiger partial charge in [-0.05, 0) is 0 Å². The minimum atomic E-state index is -0.479. The first-order chi connectivity index (χ1) is 2.89. The van der Waals surface area contributed by atoms with E-state index in [4.69, 9.17) is 16.0 Å². The third-order valence-electron chi connectivity index (χ3n) is 0.541. The van der Waals surface area contributed by atoms with E-state index in [9.17, 15) is 0 Å². The van der Waals surface area contributed by atoms with Crippen LogP contribution in [0.4, 0.5) is 0 Å². The fraction of sp³-hybridized carbons (Fsp3) is 1.00. The summed E-state index contributed by atoms with van der Waals surface area (Å²) in [7, 11) is 0. The maximum absolute atomic E-state index is 4.94. The third kappa shape index (κ3) is 1.23. The molecule has 0 spiro atoms. The van der Waals surface area contributed by atoms with Crippen LogP contribution >= 0.6 is 17.6 Å². The largest absolute Gasteiger partial charge is 0.310 e. The summed E-state index contributed by atoms with van der Waals surface area (Å²) in [5.74, 6) is -0.479. The Morgan fingerprint density at radius 3 is 2.83 bits per heavy atom. The molecule has 0 aromatic heterocycles. The lowest BCUT2D eigenvalue weighted by molar-refractivity contribution is 0.420. The van der Waals surface area contributed by atoms with Gasteiger partial charge in [0.15, 0.2) is 0 Å². The number of hydrogen-bond acceptors (Lipinski definition) is 3. The highest BCUT2D eigenvalue weighted by molar-refractivity contribution is 8.62. The molecule has 0 bridgehead atoms. The van der Waals surface area contributed by atoms with Gasteiger partial charge in [-0.3, -0.25) is 0 Å². The molecule has 0 saturated carbocycles. The van der Waals surface area contributed by atoms with E-state index in [1.165, 1.54) is 11.7 Å². The van der Waals surface area contributed by atoms with Crippen LogP contribution in [-0.2, 0) is 16.0 Å². The Balaban J connectivity index is 2.37. The van der Waals surface area contributed by atoms with Crippen molar-refractivity contribution in [3.05, 3.63) is 0 Å². The smallest absolute Gasteiger partial charge is 0.0670 e. The summed E-state index contributed by atoms with van der Waals surface area (Å²) in [4.78, 5) is 0. The Kier molecular flexibility index (Phi) is 1.97. The summed E-state index contributed by atoms with van der Waals surface area (Å²) >= 11 is 6.46. The molecule has 4 heteroatoms. The molecule has 1 rings (SSSR count). The van der Waals surface area contributed by atoms with Crippen LogP contribution in [0.5, 0.6) is 0 Å². The highest BCUT2D eigenvalue weighted by atomic mass is 32.9. The van der Waals surface area contributed by atoms with Gasteiger partial charge in [0.1, 0.15) is 0 Å². The van der Waals surface area contributed by atoms with E-state index in [0.717, 1.165) is 12.8 Å². The molecule has 1 nitrogen and oxygen atoms in total. The van der Waals surface area contributed by atoms with Gasteiger partial charge in [-0.15, -0.1) is 0 Å². The number of rotatable bonds is 0. The van der Waals surface area contributed by atoms with Gasteiger partial charge in [0, 0.05) is 23.7 Å². The molecule has 1 saturated heterocycles. The molecule has 1 fully saturated rings. The van der Waals surface area contributed by atoms with Gasteiger partial charge >= 0.3 is 0 Å². The van der Waals surface area contributed by atoms with Gasteiger partial charge in [0.05, 0.1) is 6.61 Å². The minimum Gasteiger partial charge on any atom is -0.310 e. The average molecular weight is 140 g/mol. The average Bonchev–Trinajstić information content (AvgIpc) is 1.86. The normalized spacial score (nSPS) is 34.3. The summed E-state index contributed by atoms with van der Waals surface area (Å²) in [6, 6.07) is 0. The van der Waals surface area contributed by atoms with E-state index in [2.05, 4.69) is 0 Å². The maximum Gasteiger partial charge on any atom is 0.0670 e. The van der Waals surface area contributed by atoms with Gasteiger partial charge in [-0.1, -0.05) is 11.8 Å². The molecular formula is C2H5OPS2. The van der Waals surface area contributed by atoms with Crippen LogP contribution in [0.15, 0.2) is 0 Å². The predicted octanol–water partition coefficient (Wildman–Crippen LogP) is 1.26. The molecule has 0 aromatic rings. The van der Waals surface area contributed by atoms with E-state index >= 15 is 0 Å². The molecule has 1 atom stereocenters. The van der Waals surface area contributed by atoms with Crippen LogP contribution in [0.2, 0.25) is 0 Å². The van der Waals surface area contributed by atoms with E-state index < -0.39 is 5.90 Å². The van der Waals surface area contributed by atoms with Crippen molar-refractivity contribution in [2.45, 2.75) is 0 Å². The van der Waals surface area contributed by atoms with Crippen molar-refractivity contribution in [2.24, 2.45) is 0 Å². The summed E-state index contributed by atoms with van der Waals surface area (Å²) in [5, 5.41) is 0. The molecule has 0 aliphatic carbocycles. The zero-order valence-corrected chi connectivity index (χ0v) is 5.77. The van der Waals surface area contributed by atoms with Gasteiger partial charge in [-0.2, -0.15) is 0 Å². The Morgan fingerprint density at radius 2 is 2.67 bits per heavy atom. The second-order valence-corrected chi connectivity index (χ2v) is 6.91. The van der Waals surface area contributed by atoms with Crippen LogP contribution in [-0.4, -0.2) is 12.8 Å². The van der Waals surface area contributed by atoms with Crippen molar-refractivity contribution in [2.75, 3.05) is 12.8 Å². The first kappa shape index (κ1) is 5.10. The Hall–Kier alpha value is 0.960. The summed E-state index contributed by atoms with van der Waals surface area (Å²) in [6.07, 6.45) is 1.14. The van der Waals surface area contributed by atoms with E-state index in [-0.39, 0.29) is 0 Å². The fourth-order valence-electron chi connectivity index (χ4n) is 0.274. The molecule has 0 amide bonds. The molecule has 1 unspecified atom stereocenters. The van der Waals surface area contributed by atoms with Gasteiger partial charge < -0.3 is 4.18 Å². The Bertz CT molecular complexity index is 65.9. The molecule has 1 heterocycles. The van der Waals surface area contributed by atoms with Crippen molar-refractivity contribution in [1.82, 2.24) is 0 Å². The van der Waals surface area contributed by atoms with Crippen LogP contribution in [0.1, 0.15) is 0 Å². The standard InChI is InChI=1S/C2H5OPS2/c5-4-2-1-3-6-4/h4H,1-2H2. The molecule has 6 heavy (non-hydrogen) atoms. The Morgan fingerprint density at radius 1 is 1.83 bits per heavy atom. The quantitative estimate of drug-likeness (QED) is 0.370. The van der Waals surface area contributed by atoms with Crippen LogP contribution < -0.4 is 0 Å². The minimum absolute atomic E-state index is 0.479. The molecule has 0 N–H and O–H groups in total. The van der Waals surface area contributed by atoms with Gasteiger partial charge in [0.25, 0.3) is 0 Å².